The molecule has 0 saturated carbocycles. The number of nitro groups is 1. The van der Waals surface area contributed by atoms with Crippen molar-refractivity contribution in [3.63, 3.8) is 0 Å². The van der Waals surface area contributed by atoms with Crippen molar-refractivity contribution in [2.24, 2.45) is 0 Å². The van der Waals surface area contributed by atoms with Gasteiger partial charge in [-0.05, 0) is 42.5 Å². The summed E-state index contributed by atoms with van der Waals surface area (Å²) in [4.78, 5) is 38.1. The predicted molar refractivity (Wildman–Crippen MR) is 110 cm³/mol. The van der Waals surface area contributed by atoms with E-state index in [0.717, 1.165) is 23.3 Å². The van der Waals surface area contributed by atoms with Crippen LogP contribution in [0.25, 0.3) is 0 Å². The number of nitro benzene ring substituents is 1. The van der Waals surface area contributed by atoms with Crippen LogP contribution < -0.4 is 4.90 Å². The Hall–Kier alpha value is -3.28. The number of non-ortho nitro benzene ring substituents is 1. The molecule has 0 aromatic heterocycles. The molecule has 2 aromatic rings. The summed E-state index contributed by atoms with van der Waals surface area (Å²) < 4.78 is 0. The molecular weight excluding hydrogens is 368 g/mol. The summed E-state index contributed by atoms with van der Waals surface area (Å²) in [5, 5.41) is 10.9. The maximum Gasteiger partial charge on any atom is 0.269 e. The molecule has 1 amide bonds. The number of hydrogen-bond acceptors (Lipinski definition) is 4. The number of carbonyl (C=O) groups is 2. The molecular formula is C23H22N2O4. The molecule has 1 unspecified atom stereocenters. The highest BCUT2D eigenvalue weighted by atomic mass is 16.6. The molecule has 1 atom stereocenters. The fourth-order valence-electron chi connectivity index (χ4n) is 4.29. The molecule has 0 saturated heterocycles. The number of rotatable bonds is 4. The molecule has 0 radical (unpaired) electrons. The molecule has 6 heteroatoms. The van der Waals surface area contributed by atoms with Crippen LogP contribution in [-0.4, -0.2) is 16.6 Å². The number of benzene rings is 2. The van der Waals surface area contributed by atoms with Crippen LogP contribution in [0.1, 0.15) is 49.7 Å². The van der Waals surface area contributed by atoms with E-state index < -0.39 is 4.92 Å². The van der Waals surface area contributed by atoms with E-state index >= 15 is 0 Å². The average Bonchev–Trinajstić information content (AvgIpc) is 2.73. The van der Waals surface area contributed by atoms with E-state index in [1.807, 2.05) is 12.1 Å². The Bertz CT molecular complexity index is 1010. The van der Waals surface area contributed by atoms with Gasteiger partial charge in [0.15, 0.2) is 5.78 Å². The van der Waals surface area contributed by atoms with Gasteiger partial charge in [-0.25, -0.2) is 0 Å². The zero-order valence-electron chi connectivity index (χ0n) is 16.3. The third kappa shape index (κ3) is 3.46. The zero-order valence-corrected chi connectivity index (χ0v) is 16.3. The smallest absolute Gasteiger partial charge is 0.269 e. The van der Waals surface area contributed by atoms with Crippen LogP contribution in [0.15, 0.2) is 59.8 Å². The summed E-state index contributed by atoms with van der Waals surface area (Å²) in [5.41, 5.74) is 4.21. The minimum Gasteiger partial charge on any atom is -0.294 e. The van der Waals surface area contributed by atoms with Crippen LogP contribution in [0.3, 0.4) is 0 Å². The van der Waals surface area contributed by atoms with E-state index in [4.69, 9.17) is 0 Å². The Kier molecular flexibility index (Phi) is 5.01. The van der Waals surface area contributed by atoms with Gasteiger partial charge in [0.2, 0.25) is 5.91 Å². The first-order valence-corrected chi connectivity index (χ1v) is 9.92. The van der Waals surface area contributed by atoms with Gasteiger partial charge in [-0.3, -0.25) is 24.6 Å². The molecule has 2 aromatic carbocycles. The van der Waals surface area contributed by atoms with Gasteiger partial charge < -0.3 is 0 Å². The summed E-state index contributed by atoms with van der Waals surface area (Å²) in [5.74, 6) is -0.224. The van der Waals surface area contributed by atoms with Crippen molar-refractivity contribution in [2.45, 2.75) is 44.9 Å². The highest BCUT2D eigenvalue weighted by molar-refractivity contribution is 6.07. The van der Waals surface area contributed by atoms with Gasteiger partial charge in [0, 0.05) is 47.8 Å². The number of carbonyl (C=O) groups excluding carboxylic acids is 2. The highest BCUT2D eigenvalue weighted by Gasteiger charge is 2.39. The summed E-state index contributed by atoms with van der Waals surface area (Å²) in [7, 11) is 0. The molecule has 29 heavy (non-hydrogen) atoms. The van der Waals surface area contributed by atoms with Gasteiger partial charge in [-0.1, -0.05) is 31.2 Å². The van der Waals surface area contributed by atoms with Crippen molar-refractivity contribution in [2.75, 3.05) is 4.90 Å². The monoisotopic (exact) mass is 390 g/mol. The minimum atomic E-state index is -0.466. The van der Waals surface area contributed by atoms with Crippen LogP contribution in [0, 0.1) is 10.1 Å². The first-order valence-electron chi connectivity index (χ1n) is 9.92. The SMILES string of the molecule is CCc1ccc(C2CC(=O)N(c3ccc([N+](=O)[O-])cc3)C3=C2C(=O)CCC3)cc1. The number of Topliss-reactive ketones (excluding diaryl/α,β-unsaturated/α-hetero) is 1. The standard InChI is InChI=1S/C23H22N2O4/c1-2-15-6-8-16(9-7-15)19-14-22(27)24(20-4-3-5-21(26)23(19)20)17-10-12-18(13-11-17)25(28)29/h6-13,19H,2-5,14H2,1H3. The number of amides is 1. The zero-order chi connectivity index (χ0) is 20.5. The van der Waals surface area contributed by atoms with Gasteiger partial charge in [0.05, 0.1) is 4.92 Å². The number of aryl methyl sites for hydroxylation is 1. The van der Waals surface area contributed by atoms with Crippen molar-refractivity contribution in [3.8, 4) is 0 Å². The van der Waals surface area contributed by atoms with Gasteiger partial charge in [0.25, 0.3) is 5.69 Å². The first kappa shape index (κ1) is 19.1. The molecule has 2 aliphatic rings. The van der Waals surface area contributed by atoms with Gasteiger partial charge in [-0.2, -0.15) is 0 Å². The molecule has 0 fully saturated rings. The third-order valence-corrected chi connectivity index (χ3v) is 5.78. The minimum absolute atomic E-state index is 0.0268. The van der Waals surface area contributed by atoms with Crippen LogP contribution >= 0.6 is 0 Å². The van der Waals surface area contributed by atoms with E-state index in [9.17, 15) is 19.7 Å². The lowest BCUT2D eigenvalue weighted by atomic mass is 9.77. The summed E-state index contributed by atoms with van der Waals surface area (Å²) in [6.07, 6.45) is 2.99. The number of ketones is 1. The van der Waals surface area contributed by atoms with Crippen molar-refractivity contribution in [1.82, 2.24) is 0 Å². The molecule has 0 N–H and O–H groups in total. The van der Waals surface area contributed by atoms with Crippen molar-refractivity contribution < 1.29 is 14.5 Å². The second-order valence-corrected chi connectivity index (χ2v) is 7.49. The van der Waals surface area contributed by atoms with Crippen molar-refractivity contribution in [3.05, 3.63) is 81.0 Å². The lowest BCUT2D eigenvalue weighted by Crippen LogP contribution is -2.40. The largest absolute Gasteiger partial charge is 0.294 e. The normalized spacial score (nSPS) is 19.3. The van der Waals surface area contributed by atoms with E-state index in [1.165, 1.54) is 17.7 Å². The second kappa shape index (κ2) is 7.62. The Labute approximate surface area is 169 Å². The molecule has 6 nitrogen and oxygen atoms in total. The molecule has 0 spiro atoms. The van der Waals surface area contributed by atoms with Crippen LogP contribution in [-0.2, 0) is 16.0 Å². The Morgan fingerprint density at radius 3 is 2.34 bits per heavy atom. The fourth-order valence-corrected chi connectivity index (χ4v) is 4.29. The second-order valence-electron chi connectivity index (χ2n) is 7.49. The molecule has 148 valence electrons. The van der Waals surface area contributed by atoms with Gasteiger partial charge in [-0.15, -0.1) is 0 Å². The lowest BCUT2D eigenvalue weighted by molar-refractivity contribution is -0.384. The number of anilines is 1. The number of hydrogen-bond donors (Lipinski definition) is 0. The van der Waals surface area contributed by atoms with E-state index in [2.05, 4.69) is 19.1 Å². The molecule has 1 aliphatic heterocycles. The molecule has 1 heterocycles. The number of allylic oxidation sites excluding steroid dienone is 2. The Balaban J connectivity index is 1.78. The van der Waals surface area contributed by atoms with Gasteiger partial charge in [0.1, 0.15) is 0 Å². The van der Waals surface area contributed by atoms with Crippen molar-refractivity contribution in [1.29, 1.82) is 0 Å². The molecule has 0 bridgehead atoms. The summed E-state index contributed by atoms with van der Waals surface area (Å²) in [6, 6.07) is 14.1. The van der Waals surface area contributed by atoms with Gasteiger partial charge >= 0.3 is 0 Å². The fraction of sp³-hybridized carbons (Fsp3) is 0.304. The summed E-state index contributed by atoms with van der Waals surface area (Å²) >= 11 is 0. The van der Waals surface area contributed by atoms with Crippen LogP contribution in [0.4, 0.5) is 11.4 Å². The van der Waals surface area contributed by atoms with Crippen LogP contribution in [0.2, 0.25) is 0 Å². The van der Waals surface area contributed by atoms with E-state index in [-0.39, 0.29) is 29.7 Å². The predicted octanol–water partition coefficient (Wildman–Crippen LogP) is 4.68. The maximum absolute atomic E-state index is 13.1. The maximum atomic E-state index is 13.1. The molecule has 4 rings (SSSR count). The van der Waals surface area contributed by atoms with E-state index in [0.29, 0.717) is 24.9 Å². The highest BCUT2D eigenvalue weighted by Crippen LogP contribution is 2.43. The molecule has 1 aliphatic carbocycles. The third-order valence-electron chi connectivity index (χ3n) is 5.78. The summed E-state index contributed by atoms with van der Waals surface area (Å²) in [6.45, 7) is 2.09. The lowest BCUT2D eigenvalue weighted by Gasteiger charge is -2.38. The topological polar surface area (TPSA) is 80.5 Å². The quantitative estimate of drug-likeness (QED) is 0.560. The van der Waals surface area contributed by atoms with Crippen molar-refractivity contribution >= 4 is 23.1 Å². The van der Waals surface area contributed by atoms with Crippen LogP contribution in [0.5, 0.6) is 0 Å². The number of nitrogens with zero attached hydrogens (tertiary/aromatic N) is 2. The Morgan fingerprint density at radius 1 is 1.03 bits per heavy atom. The first-order chi connectivity index (χ1) is 14.0. The Morgan fingerprint density at radius 2 is 1.72 bits per heavy atom. The van der Waals surface area contributed by atoms with E-state index in [1.54, 1.807) is 17.0 Å². The average molecular weight is 390 g/mol.